The molecule has 0 saturated heterocycles. The molecule has 0 amide bonds. The maximum Gasteiger partial charge on any atom is 0.232 e. The van der Waals surface area contributed by atoms with Crippen LogP contribution in [0.25, 0.3) is 6.08 Å². The van der Waals surface area contributed by atoms with Gasteiger partial charge in [-0.15, -0.1) is 0 Å². The third-order valence-corrected chi connectivity index (χ3v) is 3.80. The van der Waals surface area contributed by atoms with Gasteiger partial charge in [0.05, 0.1) is 12.7 Å². The van der Waals surface area contributed by atoms with Crippen LogP contribution >= 0.6 is 0 Å². The molecule has 0 saturated carbocycles. The summed E-state index contributed by atoms with van der Waals surface area (Å²) in [6.07, 6.45) is 1.69. The van der Waals surface area contributed by atoms with Gasteiger partial charge in [0.25, 0.3) is 0 Å². The zero-order valence-corrected chi connectivity index (χ0v) is 14.3. The van der Waals surface area contributed by atoms with E-state index in [1.54, 1.807) is 25.3 Å². The van der Waals surface area contributed by atoms with Crippen LogP contribution in [0.4, 0.5) is 0 Å². The number of Topliss-reactive ketones (excluding diaryl/α,β-unsaturated/α-hetero) is 2. The molecule has 5 heteroatoms. The number of hydrogen-bond donors (Lipinski definition) is 0. The highest BCUT2D eigenvalue weighted by Gasteiger charge is 2.30. The molecule has 3 rings (SSSR count). The van der Waals surface area contributed by atoms with Gasteiger partial charge in [-0.1, -0.05) is 12.1 Å². The van der Waals surface area contributed by atoms with Gasteiger partial charge in [0.2, 0.25) is 5.78 Å². The van der Waals surface area contributed by atoms with Crippen LogP contribution in [0, 0.1) is 6.92 Å². The van der Waals surface area contributed by atoms with Crippen LogP contribution in [0.3, 0.4) is 0 Å². The Balaban J connectivity index is 1.87. The van der Waals surface area contributed by atoms with Gasteiger partial charge in [0.1, 0.15) is 23.9 Å². The normalized spacial score (nSPS) is 14.2. The molecule has 0 aromatic heterocycles. The summed E-state index contributed by atoms with van der Waals surface area (Å²) >= 11 is 0. The number of methoxy groups -OCH3 is 1. The van der Waals surface area contributed by atoms with Crippen molar-refractivity contribution in [2.75, 3.05) is 13.7 Å². The molecule has 1 aliphatic rings. The minimum atomic E-state index is -0.165. The first-order valence-corrected chi connectivity index (χ1v) is 7.83. The van der Waals surface area contributed by atoms with Crippen LogP contribution in [-0.4, -0.2) is 25.3 Å². The molecule has 2 aromatic carbocycles. The fourth-order valence-corrected chi connectivity index (χ4v) is 2.60. The Morgan fingerprint density at radius 1 is 1.16 bits per heavy atom. The van der Waals surface area contributed by atoms with E-state index in [0.29, 0.717) is 17.1 Å². The van der Waals surface area contributed by atoms with E-state index >= 15 is 0 Å². The van der Waals surface area contributed by atoms with Gasteiger partial charge in [0, 0.05) is 6.07 Å². The molecule has 0 fully saturated rings. The molecule has 0 atom stereocenters. The largest absolute Gasteiger partial charge is 0.497 e. The van der Waals surface area contributed by atoms with Crippen molar-refractivity contribution in [2.24, 2.45) is 0 Å². The lowest BCUT2D eigenvalue weighted by Gasteiger charge is -2.07. The third-order valence-electron chi connectivity index (χ3n) is 3.80. The zero-order chi connectivity index (χ0) is 18.0. The second-order valence-corrected chi connectivity index (χ2v) is 5.82. The van der Waals surface area contributed by atoms with Crippen molar-refractivity contribution in [1.29, 1.82) is 0 Å². The minimum Gasteiger partial charge on any atom is -0.497 e. The maximum atomic E-state index is 12.6. The average molecular weight is 338 g/mol. The minimum absolute atomic E-state index is 0.0132. The molecule has 2 aromatic rings. The van der Waals surface area contributed by atoms with Crippen LogP contribution in [0.2, 0.25) is 0 Å². The Morgan fingerprint density at radius 3 is 2.52 bits per heavy atom. The number of ketones is 2. The van der Waals surface area contributed by atoms with E-state index in [9.17, 15) is 9.59 Å². The number of hydrogen-bond acceptors (Lipinski definition) is 5. The van der Waals surface area contributed by atoms with Crippen LogP contribution in [-0.2, 0) is 4.79 Å². The standard InChI is InChI=1S/C20H18O5/c1-12-8-16(24-11-13(2)21)10-17-19(12)20(22)18(25-17)9-14-4-6-15(23-3)7-5-14/h4-10H,11H2,1-3H3/b18-9-. The first-order valence-electron chi connectivity index (χ1n) is 7.83. The molecule has 0 spiro atoms. The average Bonchev–Trinajstić information content (AvgIpc) is 2.90. The van der Waals surface area contributed by atoms with Crippen molar-refractivity contribution in [3.8, 4) is 17.2 Å². The fraction of sp³-hybridized carbons (Fsp3) is 0.200. The van der Waals surface area contributed by atoms with Crippen LogP contribution < -0.4 is 14.2 Å². The van der Waals surface area contributed by atoms with Crippen LogP contribution in [0.15, 0.2) is 42.2 Å². The molecular weight excluding hydrogens is 320 g/mol. The molecule has 0 aliphatic carbocycles. The van der Waals surface area contributed by atoms with Gasteiger partial charge in [0.15, 0.2) is 11.5 Å². The molecule has 1 aliphatic heterocycles. The van der Waals surface area contributed by atoms with Crippen molar-refractivity contribution in [3.63, 3.8) is 0 Å². The summed E-state index contributed by atoms with van der Waals surface area (Å²) < 4.78 is 16.3. The molecule has 1 heterocycles. The lowest BCUT2D eigenvalue weighted by molar-refractivity contribution is -0.118. The topological polar surface area (TPSA) is 61.8 Å². The number of carbonyl (C=O) groups is 2. The van der Waals surface area contributed by atoms with Crippen LogP contribution in [0.5, 0.6) is 17.2 Å². The predicted octanol–water partition coefficient (Wildman–Crippen LogP) is 3.59. The molecule has 0 N–H and O–H groups in total. The summed E-state index contributed by atoms with van der Waals surface area (Å²) in [4.78, 5) is 23.7. The lowest BCUT2D eigenvalue weighted by Crippen LogP contribution is -2.06. The van der Waals surface area contributed by atoms with E-state index in [4.69, 9.17) is 14.2 Å². The van der Waals surface area contributed by atoms with E-state index in [1.165, 1.54) is 6.92 Å². The van der Waals surface area contributed by atoms with E-state index in [-0.39, 0.29) is 23.9 Å². The molecule has 0 bridgehead atoms. The van der Waals surface area contributed by atoms with Gasteiger partial charge < -0.3 is 14.2 Å². The van der Waals surface area contributed by atoms with E-state index < -0.39 is 0 Å². The van der Waals surface area contributed by atoms with Crippen molar-refractivity contribution >= 4 is 17.6 Å². The fourth-order valence-electron chi connectivity index (χ4n) is 2.60. The summed E-state index contributed by atoms with van der Waals surface area (Å²) in [5.74, 6) is 1.71. The van der Waals surface area contributed by atoms with Crippen molar-refractivity contribution in [2.45, 2.75) is 13.8 Å². The molecular formula is C20H18O5. The number of fused-ring (bicyclic) bond motifs is 1. The predicted molar refractivity (Wildman–Crippen MR) is 93.3 cm³/mol. The Bertz CT molecular complexity index is 862. The summed E-state index contributed by atoms with van der Waals surface area (Å²) in [6, 6.07) is 10.7. The highest BCUT2D eigenvalue weighted by atomic mass is 16.5. The van der Waals surface area contributed by atoms with Crippen molar-refractivity contribution < 1.29 is 23.8 Å². The Hall–Kier alpha value is -3.08. The molecule has 25 heavy (non-hydrogen) atoms. The maximum absolute atomic E-state index is 12.6. The highest BCUT2D eigenvalue weighted by molar-refractivity contribution is 6.15. The zero-order valence-electron chi connectivity index (χ0n) is 14.3. The second kappa shape index (κ2) is 6.81. The van der Waals surface area contributed by atoms with E-state index in [0.717, 1.165) is 16.9 Å². The summed E-state index contributed by atoms with van der Waals surface area (Å²) in [5.41, 5.74) is 2.11. The van der Waals surface area contributed by atoms with E-state index in [2.05, 4.69) is 0 Å². The van der Waals surface area contributed by atoms with Gasteiger partial charge in [-0.25, -0.2) is 0 Å². The van der Waals surface area contributed by atoms with Crippen molar-refractivity contribution in [1.82, 2.24) is 0 Å². The monoisotopic (exact) mass is 338 g/mol. The Kier molecular flexibility index (Phi) is 4.57. The Labute approximate surface area is 145 Å². The smallest absolute Gasteiger partial charge is 0.232 e. The molecule has 0 unspecified atom stereocenters. The number of ether oxygens (including phenoxy) is 3. The number of allylic oxidation sites excluding steroid dienone is 1. The van der Waals surface area contributed by atoms with E-state index in [1.807, 2.05) is 31.2 Å². The van der Waals surface area contributed by atoms with Crippen molar-refractivity contribution in [3.05, 3.63) is 58.8 Å². The van der Waals surface area contributed by atoms with Gasteiger partial charge in [-0.05, 0) is 49.2 Å². The first-order chi connectivity index (χ1) is 12.0. The summed E-state index contributed by atoms with van der Waals surface area (Å²) in [7, 11) is 1.60. The van der Waals surface area contributed by atoms with Gasteiger partial charge >= 0.3 is 0 Å². The highest BCUT2D eigenvalue weighted by Crippen LogP contribution is 2.37. The summed E-state index contributed by atoms with van der Waals surface area (Å²) in [5, 5.41) is 0. The molecule has 0 radical (unpaired) electrons. The number of carbonyl (C=O) groups excluding carboxylic acids is 2. The number of aryl methyl sites for hydroxylation is 1. The quantitative estimate of drug-likeness (QED) is 0.780. The van der Waals surface area contributed by atoms with Gasteiger partial charge in [-0.2, -0.15) is 0 Å². The Morgan fingerprint density at radius 2 is 1.88 bits per heavy atom. The molecule has 128 valence electrons. The molecule has 5 nitrogen and oxygen atoms in total. The second-order valence-electron chi connectivity index (χ2n) is 5.82. The summed E-state index contributed by atoms with van der Waals surface area (Å²) in [6.45, 7) is 3.26. The number of rotatable bonds is 5. The lowest BCUT2D eigenvalue weighted by atomic mass is 10.0. The number of benzene rings is 2. The van der Waals surface area contributed by atoms with Gasteiger partial charge in [-0.3, -0.25) is 9.59 Å². The first kappa shape index (κ1) is 16.8. The SMILES string of the molecule is COc1ccc(/C=C2\Oc3cc(OCC(C)=O)cc(C)c3C2=O)cc1. The van der Waals surface area contributed by atoms with Crippen LogP contribution in [0.1, 0.15) is 28.4 Å². The third kappa shape index (κ3) is 3.55.